The summed E-state index contributed by atoms with van der Waals surface area (Å²) in [6, 6.07) is 1.62. The van der Waals surface area contributed by atoms with Crippen molar-refractivity contribution >= 4 is 23.4 Å². The lowest BCUT2D eigenvalue weighted by molar-refractivity contribution is -0.141. The molecule has 3 heterocycles. The maximum Gasteiger partial charge on any atom is 0.434 e. The number of hydrazine groups is 1. The van der Waals surface area contributed by atoms with E-state index in [1.807, 2.05) is 20.8 Å². The summed E-state index contributed by atoms with van der Waals surface area (Å²) in [5, 5.41) is 5.82. The average Bonchev–Trinajstić information content (AvgIpc) is 3.26. The lowest BCUT2D eigenvalue weighted by Gasteiger charge is -2.28. The van der Waals surface area contributed by atoms with Crippen LogP contribution in [0.1, 0.15) is 59.4 Å². The Bertz CT molecular complexity index is 999. The molecule has 1 fully saturated rings. The molecule has 0 aliphatic carbocycles. The summed E-state index contributed by atoms with van der Waals surface area (Å²) in [6.07, 6.45) is -3.77. The molecule has 12 heteroatoms. The Kier molecular flexibility index (Phi) is 5.52. The van der Waals surface area contributed by atoms with Gasteiger partial charge in [0.05, 0.1) is 11.3 Å². The second kappa shape index (κ2) is 7.53. The number of hydrogen-bond donors (Lipinski definition) is 0. The van der Waals surface area contributed by atoms with Crippen LogP contribution in [0.4, 0.5) is 13.2 Å². The molecule has 0 N–H and O–H groups in total. The SMILES string of the molecule is Cn1nc(C(C)(C)C)cc1C(=O)N1CCCN1C(=O)c1cnc(Cl)nc1C(F)(F)F. The quantitative estimate of drug-likeness (QED) is 0.665. The number of halogens is 4. The van der Waals surface area contributed by atoms with E-state index in [4.69, 9.17) is 11.6 Å². The fourth-order valence-electron chi connectivity index (χ4n) is 3.07. The van der Waals surface area contributed by atoms with Crippen LogP contribution in [0.2, 0.25) is 5.28 Å². The highest BCUT2D eigenvalue weighted by atomic mass is 35.5. The molecule has 0 saturated carbocycles. The molecule has 0 unspecified atom stereocenters. The van der Waals surface area contributed by atoms with E-state index in [0.29, 0.717) is 12.1 Å². The molecule has 1 saturated heterocycles. The number of alkyl halides is 3. The number of carbonyl (C=O) groups excluding carboxylic acids is 2. The topological polar surface area (TPSA) is 84.2 Å². The van der Waals surface area contributed by atoms with Crippen molar-refractivity contribution in [2.45, 2.75) is 38.8 Å². The number of carbonyl (C=O) groups is 2. The molecule has 1 aliphatic rings. The Balaban J connectivity index is 1.95. The zero-order valence-corrected chi connectivity index (χ0v) is 17.5. The average molecular weight is 445 g/mol. The van der Waals surface area contributed by atoms with Crippen LogP contribution in [0, 0.1) is 0 Å². The van der Waals surface area contributed by atoms with Gasteiger partial charge in [0.15, 0.2) is 5.69 Å². The molecule has 2 aromatic rings. The number of amides is 2. The molecule has 0 spiro atoms. The van der Waals surface area contributed by atoms with Crippen LogP contribution in [-0.2, 0) is 18.6 Å². The van der Waals surface area contributed by atoms with Gasteiger partial charge in [-0.25, -0.2) is 20.0 Å². The van der Waals surface area contributed by atoms with E-state index < -0.39 is 34.5 Å². The van der Waals surface area contributed by atoms with Crippen LogP contribution in [0.15, 0.2) is 12.3 Å². The fourth-order valence-corrected chi connectivity index (χ4v) is 3.21. The Morgan fingerprint density at radius 2 is 1.70 bits per heavy atom. The second-order valence-electron chi connectivity index (χ2n) is 7.90. The fraction of sp³-hybridized carbons (Fsp3) is 0.500. The molecule has 1 aliphatic heterocycles. The van der Waals surface area contributed by atoms with Crippen molar-refractivity contribution in [3.63, 3.8) is 0 Å². The minimum absolute atomic E-state index is 0.0779. The Morgan fingerprint density at radius 3 is 2.23 bits per heavy atom. The van der Waals surface area contributed by atoms with Gasteiger partial charge >= 0.3 is 6.18 Å². The van der Waals surface area contributed by atoms with Crippen LogP contribution in [0.3, 0.4) is 0 Å². The Hall–Kier alpha value is -2.69. The van der Waals surface area contributed by atoms with Crippen molar-refractivity contribution in [2.24, 2.45) is 7.05 Å². The Morgan fingerprint density at radius 1 is 1.10 bits per heavy atom. The number of nitrogens with zero attached hydrogens (tertiary/aromatic N) is 6. The third-order valence-corrected chi connectivity index (χ3v) is 4.81. The Labute approximate surface area is 175 Å². The highest BCUT2D eigenvalue weighted by molar-refractivity contribution is 6.28. The van der Waals surface area contributed by atoms with Crippen molar-refractivity contribution in [2.75, 3.05) is 13.1 Å². The van der Waals surface area contributed by atoms with Crippen molar-refractivity contribution < 1.29 is 22.8 Å². The standard InChI is InChI=1S/C18H20ClF3N6O2/c1-17(2,3)12-8-11(26(4)25-12)15(30)28-7-5-6-27(28)14(29)10-9-23-16(19)24-13(10)18(20,21)22/h8-9H,5-7H2,1-4H3. The summed E-state index contributed by atoms with van der Waals surface area (Å²) in [4.78, 5) is 32.7. The molecule has 2 aromatic heterocycles. The van der Waals surface area contributed by atoms with Gasteiger partial charge in [0.2, 0.25) is 5.28 Å². The first kappa shape index (κ1) is 22.0. The van der Waals surface area contributed by atoms with Crippen LogP contribution < -0.4 is 0 Å². The molecule has 162 valence electrons. The van der Waals surface area contributed by atoms with E-state index in [9.17, 15) is 22.8 Å². The molecule has 2 amide bonds. The molecular formula is C18H20ClF3N6O2. The number of hydrogen-bond acceptors (Lipinski definition) is 5. The summed E-state index contributed by atoms with van der Waals surface area (Å²) >= 11 is 5.48. The predicted molar refractivity (Wildman–Crippen MR) is 101 cm³/mol. The van der Waals surface area contributed by atoms with E-state index in [1.165, 1.54) is 4.68 Å². The lowest BCUT2D eigenvalue weighted by Crippen LogP contribution is -2.46. The maximum atomic E-state index is 13.4. The highest BCUT2D eigenvalue weighted by Gasteiger charge is 2.41. The van der Waals surface area contributed by atoms with Crippen LogP contribution in [0.25, 0.3) is 0 Å². The monoisotopic (exact) mass is 444 g/mol. The third-order valence-electron chi connectivity index (χ3n) is 4.63. The van der Waals surface area contributed by atoms with Crippen LogP contribution >= 0.6 is 11.6 Å². The summed E-state index contributed by atoms with van der Waals surface area (Å²) in [7, 11) is 1.60. The minimum atomic E-state index is -4.91. The molecule has 0 atom stereocenters. The van der Waals surface area contributed by atoms with E-state index in [1.54, 1.807) is 13.1 Å². The third kappa shape index (κ3) is 4.11. The molecular weight excluding hydrogens is 425 g/mol. The van der Waals surface area contributed by atoms with Crippen molar-refractivity contribution in [3.05, 3.63) is 40.2 Å². The van der Waals surface area contributed by atoms with Crippen molar-refractivity contribution in [1.82, 2.24) is 29.8 Å². The van der Waals surface area contributed by atoms with Crippen molar-refractivity contribution in [3.8, 4) is 0 Å². The van der Waals surface area contributed by atoms with Gasteiger partial charge in [0, 0.05) is 31.7 Å². The van der Waals surface area contributed by atoms with Gasteiger partial charge in [-0.2, -0.15) is 18.3 Å². The summed E-state index contributed by atoms with van der Waals surface area (Å²) in [5.74, 6) is -1.56. The lowest BCUT2D eigenvalue weighted by atomic mass is 9.92. The van der Waals surface area contributed by atoms with Gasteiger partial charge in [-0.1, -0.05) is 20.8 Å². The first-order valence-corrected chi connectivity index (χ1v) is 9.46. The van der Waals surface area contributed by atoms with Gasteiger partial charge in [0.1, 0.15) is 5.69 Å². The summed E-state index contributed by atoms with van der Waals surface area (Å²) in [6.45, 7) is 6.07. The maximum absolute atomic E-state index is 13.4. The van der Waals surface area contributed by atoms with Crippen molar-refractivity contribution in [1.29, 1.82) is 0 Å². The van der Waals surface area contributed by atoms with E-state index in [2.05, 4.69) is 15.1 Å². The molecule has 8 nitrogen and oxygen atoms in total. The van der Waals surface area contributed by atoms with Gasteiger partial charge < -0.3 is 0 Å². The van der Waals surface area contributed by atoms with E-state index in [-0.39, 0.29) is 24.2 Å². The summed E-state index contributed by atoms with van der Waals surface area (Å²) in [5.41, 5.74) is -1.62. The number of aryl methyl sites for hydroxylation is 1. The predicted octanol–water partition coefficient (Wildman–Crippen LogP) is 3.08. The van der Waals surface area contributed by atoms with Crippen LogP contribution in [0.5, 0.6) is 0 Å². The first-order valence-electron chi connectivity index (χ1n) is 9.08. The van der Waals surface area contributed by atoms with E-state index >= 15 is 0 Å². The zero-order chi connectivity index (χ0) is 22.4. The first-order chi connectivity index (χ1) is 13.8. The summed E-state index contributed by atoms with van der Waals surface area (Å²) < 4.78 is 41.5. The number of aromatic nitrogens is 4. The molecule has 30 heavy (non-hydrogen) atoms. The minimum Gasteiger partial charge on any atom is -0.267 e. The molecule has 3 rings (SSSR count). The second-order valence-corrected chi connectivity index (χ2v) is 8.24. The van der Waals surface area contributed by atoms with Crippen LogP contribution in [-0.4, -0.2) is 54.7 Å². The highest BCUT2D eigenvalue weighted by Crippen LogP contribution is 2.32. The molecule has 0 radical (unpaired) electrons. The number of rotatable bonds is 2. The normalized spacial score (nSPS) is 15.1. The van der Waals surface area contributed by atoms with Gasteiger partial charge in [-0.05, 0) is 24.1 Å². The van der Waals surface area contributed by atoms with Gasteiger partial charge in [-0.15, -0.1) is 0 Å². The molecule has 0 bridgehead atoms. The van der Waals surface area contributed by atoms with E-state index in [0.717, 1.165) is 16.2 Å². The smallest absolute Gasteiger partial charge is 0.267 e. The van der Waals surface area contributed by atoms with Gasteiger partial charge in [-0.3, -0.25) is 14.3 Å². The zero-order valence-electron chi connectivity index (χ0n) is 16.8. The van der Waals surface area contributed by atoms with Gasteiger partial charge in [0.25, 0.3) is 11.8 Å². The molecule has 0 aromatic carbocycles. The largest absolute Gasteiger partial charge is 0.434 e.